The molecular weight excluding hydrogens is 346 g/mol. The Hall–Kier alpha value is -3.28. The summed E-state index contributed by atoms with van der Waals surface area (Å²) in [6.45, 7) is 4.57. The summed E-state index contributed by atoms with van der Waals surface area (Å²) in [6, 6.07) is 12.2. The zero-order valence-electron chi connectivity index (χ0n) is 15.1. The Morgan fingerprint density at radius 1 is 1.07 bits per heavy atom. The molecule has 2 heterocycles. The highest BCUT2D eigenvalue weighted by Crippen LogP contribution is 2.32. The molecule has 138 valence electrons. The van der Waals surface area contributed by atoms with E-state index in [1.165, 1.54) is 6.07 Å². The molecule has 0 radical (unpaired) electrons. The summed E-state index contributed by atoms with van der Waals surface area (Å²) >= 11 is 0. The fraction of sp³-hybridized carbons (Fsp3) is 0.238. The van der Waals surface area contributed by atoms with Crippen LogP contribution in [0.3, 0.4) is 0 Å². The third kappa shape index (κ3) is 3.38. The molecule has 1 aliphatic rings. The minimum Gasteiger partial charge on any atom is -0.454 e. The van der Waals surface area contributed by atoms with Crippen LogP contribution in [0.4, 0.5) is 0 Å². The second-order valence-electron chi connectivity index (χ2n) is 6.75. The average Bonchev–Trinajstić information content (AvgIpc) is 3.13. The van der Waals surface area contributed by atoms with Gasteiger partial charge in [0.1, 0.15) is 5.58 Å². The maximum atomic E-state index is 12.5. The Bertz CT molecular complexity index is 1080. The van der Waals surface area contributed by atoms with Gasteiger partial charge in [-0.25, -0.2) is 4.79 Å². The number of rotatable bonds is 4. The summed E-state index contributed by atoms with van der Waals surface area (Å²) in [4.78, 5) is 24.4. The number of carbonyl (C=O) groups is 1. The van der Waals surface area contributed by atoms with Gasteiger partial charge in [-0.05, 0) is 47.4 Å². The van der Waals surface area contributed by atoms with Gasteiger partial charge in [-0.3, -0.25) is 4.79 Å². The molecule has 1 N–H and O–H groups in total. The average molecular weight is 365 g/mol. The van der Waals surface area contributed by atoms with Crippen LogP contribution in [-0.4, -0.2) is 12.7 Å². The van der Waals surface area contributed by atoms with Crippen molar-refractivity contribution in [3.63, 3.8) is 0 Å². The molecule has 3 aromatic rings. The molecule has 0 fully saturated rings. The van der Waals surface area contributed by atoms with Crippen molar-refractivity contribution in [2.45, 2.75) is 26.3 Å². The Balaban J connectivity index is 1.60. The van der Waals surface area contributed by atoms with Crippen LogP contribution in [0.15, 0.2) is 51.7 Å². The van der Waals surface area contributed by atoms with Gasteiger partial charge in [0.2, 0.25) is 6.79 Å². The number of ether oxygens (including phenoxy) is 2. The van der Waals surface area contributed by atoms with Gasteiger partial charge >= 0.3 is 5.63 Å². The van der Waals surface area contributed by atoms with Crippen molar-refractivity contribution < 1.29 is 18.7 Å². The highest BCUT2D eigenvalue weighted by atomic mass is 16.7. The van der Waals surface area contributed by atoms with Crippen LogP contribution in [0.5, 0.6) is 11.5 Å². The standard InChI is InChI=1S/C21H19NO5/c1-12(2)13-3-5-17-16(7-13)15(9-20(23)27-17)10-22-21(24)14-4-6-18-19(8-14)26-11-25-18/h3-9,12H,10-11H2,1-2H3,(H,22,24). The van der Waals surface area contributed by atoms with Crippen molar-refractivity contribution in [3.8, 4) is 11.5 Å². The molecule has 1 aromatic heterocycles. The Labute approximate surface area is 155 Å². The van der Waals surface area contributed by atoms with E-state index in [1.807, 2.05) is 12.1 Å². The number of amides is 1. The quantitative estimate of drug-likeness (QED) is 0.715. The third-order valence-electron chi connectivity index (χ3n) is 4.59. The molecule has 6 heteroatoms. The lowest BCUT2D eigenvalue weighted by Gasteiger charge is -2.11. The molecule has 0 atom stereocenters. The zero-order valence-corrected chi connectivity index (χ0v) is 15.1. The van der Waals surface area contributed by atoms with Crippen LogP contribution in [0.2, 0.25) is 0 Å². The van der Waals surface area contributed by atoms with E-state index < -0.39 is 5.63 Å². The predicted octanol–water partition coefficient (Wildman–Crippen LogP) is 3.58. The summed E-state index contributed by atoms with van der Waals surface area (Å²) in [5.41, 5.74) is 2.40. The van der Waals surface area contributed by atoms with Gasteiger partial charge in [0.15, 0.2) is 11.5 Å². The fourth-order valence-electron chi connectivity index (χ4n) is 3.07. The van der Waals surface area contributed by atoms with Crippen LogP contribution in [0, 0.1) is 0 Å². The van der Waals surface area contributed by atoms with Gasteiger partial charge in [-0.2, -0.15) is 0 Å². The minimum absolute atomic E-state index is 0.157. The van der Waals surface area contributed by atoms with E-state index in [4.69, 9.17) is 13.9 Å². The number of benzene rings is 2. The first kappa shape index (κ1) is 17.1. The van der Waals surface area contributed by atoms with E-state index in [1.54, 1.807) is 24.3 Å². The smallest absolute Gasteiger partial charge is 0.336 e. The van der Waals surface area contributed by atoms with Gasteiger partial charge < -0.3 is 19.2 Å². The summed E-state index contributed by atoms with van der Waals surface area (Å²) < 4.78 is 15.8. The molecule has 4 rings (SSSR count). The normalized spacial score (nSPS) is 12.6. The third-order valence-corrected chi connectivity index (χ3v) is 4.59. The van der Waals surface area contributed by atoms with E-state index in [-0.39, 0.29) is 19.2 Å². The molecule has 0 saturated carbocycles. The molecule has 27 heavy (non-hydrogen) atoms. The second kappa shape index (κ2) is 6.79. The van der Waals surface area contributed by atoms with Gasteiger partial charge in [-0.1, -0.05) is 19.9 Å². The molecule has 1 amide bonds. The Morgan fingerprint density at radius 2 is 1.89 bits per heavy atom. The zero-order chi connectivity index (χ0) is 19.0. The predicted molar refractivity (Wildman–Crippen MR) is 100 cm³/mol. The maximum absolute atomic E-state index is 12.5. The van der Waals surface area contributed by atoms with Crippen molar-refractivity contribution in [1.82, 2.24) is 5.32 Å². The maximum Gasteiger partial charge on any atom is 0.336 e. The van der Waals surface area contributed by atoms with Gasteiger partial charge in [0.05, 0.1) is 0 Å². The van der Waals surface area contributed by atoms with Crippen molar-refractivity contribution >= 4 is 16.9 Å². The monoisotopic (exact) mass is 365 g/mol. The second-order valence-corrected chi connectivity index (χ2v) is 6.75. The van der Waals surface area contributed by atoms with Crippen molar-refractivity contribution in [2.75, 3.05) is 6.79 Å². The van der Waals surface area contributed by atoms with Crippen LogP contribution in [0.1, 0.15) is 41.3 Å². The summed E-state index contributed by atoms with van der Waals surface area (Å²) in [5.74, 6) is 1.27. The van der Waals surface area contributed by atoms with Crippen molar-refractivity contribution in [1.29, 1.82) is 0 Å². The molecule has 0 aliphatic carbocycles. The summed E-state index contributed by atoms with van der Waals surface area (Å²) in [7, 11) is 0. The Kier molecular flexibility index (Phi) is 4.32. The topological polar surface area (TPSA) is 77.8 Å². The largest absolute Gasteiger partial charge is 0.454 e. The highest BCUT2D eigenvalue weighted by molar-refractivity contribution is 5.95. The lowest BCUT2D eigenvalue weighted by atomic mass is 9.99. The highest BCUT2D eigenvalue weighted by Gasteiger charge is 2.16. The molecule has 0 spiro atoms. The number of nitrogens with one attached hydrogen (secondary N) is 1. The molecular formula is C21H19NO5. The first-order valence-corrected chi connectivity index (χ1v) is 8.76. The number of hydrogen-bond donors (Lipinski definition) is 1. The minimum atomic E-state index is -0.438. The lowest BCUT2D eigenvalue weighted by molar-refractivity contribution is 0.0950. The van der Waals surface area contributed by atoms with Crippen LogP contribution < -0.4 is 20.4 Å². The van der Waals surface area contributed by atoms with Crippen molar-refractivity contribution in [3.05, 3.63) is 69.6 Å². The number of carbonyl (C=O) groups excluding carboxylic acids is 1. The Morgan fingerprint density at radius 3 is 2.70 bits per heavy atom. The molecule has 0 unspecified atom stereocenters. The SMILES string of the molecule is CC(C)c1ccc2oc(=O)cc(CNC(=O)c3ccc4c(c3)OCO4)c2c1. The molecule has 1 aliphatic heterocycles. The summed E-state index contributed by atoms with van der Waals surface area (Å²) in [5, 5.41) is 3.68. The number of fused-ring (bicyclic) bond motifs is 2. The molecule has 0 bridgehead atoms. The fourth-order valence-corrected chi connectivity index (χ4v) is 3.07. The van der Waals surface area contributed by atoms with Gasteiger partial charge in [-0.15, -0.1) is 0 Å². The van der Waals surface area contributed by atoms with E-state index in [0.29, 0.717) is 28.6 Å². The lowest BCUT2D eigenvalue weighted by Crippen LogP contribution is -2.23. The van der Waals surface area contributed by atoms with Gasteiger partial charge in [0.25, 0.3) is 5.91 Å². The molecule has 6 nitrogen and oxygen atoms in total. The first-order chi connectivity index (χ1) is 13.0. The van der Waals surface area contributed by atoms with E-state index >= 15 is 0 Å². The van der Waals surface area contributed by atoms with E-state index in [0.717, 1.165) is 16.5 Å². The summed E-state index contributed by atoms with van der Waals surface area (Å²) in [6.07, 6.45) is 0. The van der Waals surface area contributed by atoms with Crippen molar-refractivity contribution in [2.24, 2.45) is 0 Å². The first-order valence-electron chi connectivity index (χ1n) is 8.76. The van der Waals surface area contributed by atoms with E-state index in [9.17, 15) is 9.59 Å². The number of hydrogen-bond acceptors (Lipinski definition) is 5. The van der Waals surface area contributed by atoms with Crippen LogP contribution >= 0.6 is 0 Å². The molecule has 2 aromatic carbocycles. The van der Waals surface area contributed by atoms with Crippen LogP contribution in [-0.2, 0) is 6.54 Å². The molecule has 0 saturated heterocycles. The van der Waals surface area contributed by atoms with Crippen LogP contribution in [0.25, 0.3) is 11.0 Å². The van der Waals surface area contributed by atoms with Gasteiger partial charge in [0, 0.05) is 23.6 Å². The van der Waals surface area contributed by atoms with E-state index in [2.05, 4.69) is 19.2 Å².